The van der Waals surface area contributed by atoms with Crippen LogP contribution in [-0.4, -0.2) is 25.0 Å². The Hall–Kier alpha value is -3.54. The minimum atomic E-state index is -0.583. The minimum absolute atomic E-state index is 0.0643. The molecule has 1 N–H and O–H groups in total. The molecule has 0 aliphatic carbocycles. The fraction of sp³-hybridized carbons (Fsp3) is 0.250. The van der Waals surface area contributed by atoms with Crippen LogP contribution in [0.3, 0.4) is 0 Å². The maximum Gasteiger partial charge on any atom is 0.374 e. The van der Waals surface area contributed by atoms with E-state index in [1.165, 1.54) is 11.8 Å². The molecular formula is C24H25NO5. The second kappa shape index (κ2) is 10.9. The molecule has 6 heteroatoms. The van der Waals surface area contributed by atoms with E-state index in [0.29, 0.717) is 24.2 Å². The number of carbonyl (C=O) groups excluding carboxylic acids is 2. The summed E-state index contributed by atoms with van der Waals surface area (Å²) in [6.07, 6.45) is 2.48. The van der Waals surface area contributed by atoms with Gasteiger partial charge in [-0.3, -0.25) is 4.79 Å². The summed E-state index contributed by atoms with van der Waals surface area (Å²) in [5, 5.41) is 2.75. The quantitative estimate of drug-likeness (QED) is 0.405. The van der Waals surface area contributed by atoms with Crippen LogP contribution in [0.5, 0.6) is 5.75 Å². The van der Waals surface area contributed by atoms with E-state index in [9.17, 15) is 9.59 Å². The Morgan fingerprint density at radius 1 is 1.00 bits per heavy atom. The maximum absolute atomic E-state index is 12.2. The summed E-state index contributed by atoms with van der Waals surface area (Å²) in [4.78, 5) is 24.2. The van der Waals surface area contributed by atoms with Crippen LogP contribution in [0, 0.1) is 6.92 Å². The van der Waals surface area contributed by atoms with Crippen LogP contribution in [0.25, 0.3) is 0 Å². The van der Waals surface area contributed by atoms with Gasteiger partial charge in [-0.05, 0) is 37.1 Å². The number of benzene rings is 2. The van der Waals surface area contributed by atoms with Crippen LogP contribution in [0.1, 0.15) is 33.7 Å². The molecule has 0 radical (unpaired) electrons. The molecule has 3 aromatic rings. The van der Waals surface area contributed by atoms with Crippen molar-refractivity contribution in [3.05, 3.63) is 89.4 Å². The molecule has 0 unspecified atom stereocenters. The summed E-state index contributed by atoms with van der Waals surface area (Å²) in [6.45, 7) is 2.53. The number of aryl methyl sites for hydroxylation is 2. The van der Waals surface area contributed by atoms with Gasteiger partial charge in [0, 0.05) is 12.0 Å². The number of esters is 1. The van der Waals surface area contributed by atoms with E-state index in [4.69, 9.17) is 13.9 Å². The predicted octanol–water partition coefficient (Wildman–Crippen LogP) is 4.07. The largest absolute Gasteiger partial charge is 0.489 e. The third-order valence-electron chi connectivity index (χ3n) is 4.49. The molecule has 0 aliphatic rings. The van der Waals surface area contributed by atoms with Gasteiger partial charge in [0.15, 0.2) is 0 Å². The number of carbonyl (C=O) groups is 2. The lowest BCUT2D eigenvalue weighted by Gasteiger charge is -2.08. The van der Waals surface area contributed by atoms with Crippen LogP contribution in [0.2, 0.25) is 0 Å². The average Bonchev–Trinajstić information content (AvgIpc) is 3.24. The van der Waals surface area contributed by atoms with Gasteiger partial charge in [0.1, 0.15) is 19.0 Å². The molecular weight excluding hydrogens is 382 g/mol. The zero-order valence-corrected chi connectivity index (χ0v) is 16.9. The Balaban J connectivity index is 1.36. The van der Waals surface area contributed by atoms with Gasteiger partial charge in [-0.2, -0.15) is 0 Å². The van der Waals surface area contributed by atoms with Crippen molar-refractivity contribution in [3.63, 3.8) is 0 Å². The number of hydrogen-bond donors (Lipinski definition) is 1. The zero-order chi connectivity index (χ0) is 21.2. The molecule has 0 atom stereocenters. The standard InChI is InChI=1S/C24H25NO5/c1-18-7-9-19(10-8-18)11-12-22(26)25-14-16-29-24(27)23-20(13-15-28-23)17-30-21-5-3-2-4-6-21/h2-10,13,15H,11-12,14,16-17H2,1H3,(H,25,26). The number of rotatable bonds is 10. The van der Waals surface area contributed by atoms with Crippen molar-refractivity contribution in [2.24, 2.45) is 0 Å². The van der Waals surface area contributed by atoms with E-state index in [-0.39, 0.29) is 31.4 Å². The van der Waals surface area contributed by atoms with E-state index in [1.54, 1.807) is 6.07 Å². The molecule has 0 aliphatic heterocycles. The van der Waals surface area contributed by atoms with Gasteiger partial charge in [0.25, 0.3) is 0 Å². The molecule has 156 valence electrons. The fourth-order valence-corrected chi connectivity index (χ4v) is 2.81. The van der Waals surface area contributed by atoms with Gasteiger partial charge in [0.2, 0.25) is 11.7 Å². The lowest BCUT2D eigenvalue weighted by Crippen LogP contribution is -2.28. The minimum Gasteiger partial charge on any atom is -0.489 e. The van der Waals surface area contributed by atoms with E-state index >= 15 is 0 Å². The number of nitrogens with one attached hydrogen (secondary N) is 1. The van der Waals surface area contributed by atoms with Crippen molar-refractivity contribution >= 4 is 11.9 Å². The first kappa shape index (κ1) is 21.2. The van der Waals surface area contributed by atoms with Crippen molar-refractivity contribution in [2.45, 2.75) is 26.4 Å². The van der Waals surface area contributed by atoms with Gasteiger partial charge in [0.05, 0.1) is 12.8 Å². The first-order chi connectivity index (χ1) is 14.6. The van der Waals surface area contributed by atoms with Crippen molar-refractivity contribution in [1.82, 2.24) is 5.32 Å². The molecule has 0 fully saturated rings. The molecule has 0 saturated carbocycles. The Morgan fingerprint density at radius 2 is 1.77 bits per heavy atom. The highest BCUT2D eigenvalue weighted by Gasteiger charge is 2.17. The van der Waals surface area contributed by atoms with E-state index < -0.39 is 5.97 Å². The highest BCUT2D eigenvalue weighted by atomic mass is 16.5. The van der Waals surface area contributed by atoms with Gasteiger partial charge in [-0.25, -0.2) is 4.79 Å². The molecule has 1 aromatic heterocycles. The summed E-state index contributed by atoms with van der Waals surface area (Å²) in [6, 6.07) is 19.1. The molecule has 2 aromatic carbocycles. The van der Waals surface area contributed by atoms with Gasteiger partial charge in [-0.15, -0.1) is 0 Å². The summed E-state index contributed by atoms with van der Waals surface area (Å²) < 4.78 is 16.1. The molecule has 3 rings (SSSR count). The van der Waals surface area contributed by atoms with Crippen molar-refractivity contribution < 1.29 is 23.5 Å². The zero-order valence-electron chi connectivity index (χ0n) is 16.9. The van der Waals surface area contributed by atoms with Crippen molar-refractivity contribution in [3.8, 4) is 5.75 Å². The normalized spacial score (nSPS) is 10.4. The first-order valence-corrected chi connectivity index (χ1v) is 9.85. The van der Waals surface area contributed by atoms with Crippen LogP contribution >= 0.6 is 0 Å². The Kier molecular flexibility index (Phi) is 7.66. The van der Waals surface area contributed by atoms with Crippen LogP contribution in [0.4, 0.5) is 0 Å². The molecule has 1 amide bonds. The molecule has 30 heavy (non-hydrogen) atoms. The van der Waals surface area contributed by atoms with Gasteiger partial charge >= 0.3 is 5.97 Å². The molecule has 1 heterocycles. The van der Waals surface area contributed by atoms with Crippen LogP contribution in [-0.2, 0) is 22.6 Å². The first-order valence-electron chi connectivity index (χ1n) is 9.85. The maximum atomic E-state index is 12.2. The number of amides is 1. The Morgan fingerprint density at radius 3 is 2.53 bits per heavy atom. The SMILES string of the molecule is Cc1ccc(CCC(=O)NCCOC(=O)c2occc2COc2ccccc2)cc1. The second-order valence-corrected chi connectivity index (χ2v) is 6.85. The highest BCUT2D eigenvalue weighted by Crippen LogP contribution is 2.16. The van der Waals surface area contributed by atoms with E-state index in [0.717, 1.165) is 5.56 Å². The summed E-state index contributed by atoms with van der Waals surface area (Å²) >= 11 is 0. The number of para-hydroxylation sites is 1. The topological polar surface area (TPSA) is 77.8 Å². The lowest BCUT2D eigenvalue weighted by molar-refractivity contribution is -0.121. The fourth-order valence-electron chi connectivity index (χ4n) is 2.81. The number of furan rings is 1. The predicted molar refractivity (Wildman–Crippen MR) is 112 cm³/mol. The van der Waals surface area contributed by atoms with E-state index in [2.05, 4.69) is 5.32 Å². The number of hydrogen-bond acceptors (Lipinski definition) is 5. The van der Waals surface area contributed by atoms with Crippen molar-refractivity contribution in [2.75, 3.05) is 13.2 Å². The Bertz CT molecular complexity index is 947. The smallest absolute Gasteiger partial charge is 0.374 e. The summed E-state index contributed by atoms with van der Waals surface area (Å²) in [7, 11) is 0. The van der Waals surface area contributed by atoms with Crippen molar-refractivity contribution in [1.29, 1.82) is 0 Å². The highest BCUT2D eigenvalue weighted by molar-refractivity contribution is 5.88. The second-order valence-electron chi connectivity index (χ2n) is 6.85. The molecule has 6 nitrogen and oxygen atoms in total. The average molecular weight is 407 g/mol. The molecule has 0 bridgehead atoms. The third-order valence-corrected chi connectivity index (χ3v) is 4.49. The van der Waals surface area contributed by atoms with Gasteiger partial charge < -0.3 is 19.2 Å². The summed E-state index contributed by atoms with van der Waals surface area (Å²) in [5.74, 6) is 0.144. The Labute approximate surface area is 175 Å². The molecule has 0 saturated heterocycles. The number of ether oxygens (including phenoxy) is 2. The van der Waals surface area contributed by atoms with E-state index in [1.807, 2.05) is 61.5 Å². The van der Waals surface area contributed by atoms with Crippen LogP contribution < -0.4 is 10.1 Å². The third kappa shape index (κ3) is 6.51. The molecule has 0 spiro atoms. The lowest BCUT2D eigenvalue weighted by atomic mass is 10.1. The van der Waals surface area contributed by atoms with Crippen LogP contribution in [0.15, 0.2) is 71.3 Å². The monoisotopic (exact) mass is 407 g/mol. The summed E-state index contributed by atoms with van der Waals surface area (Å²) in [5.41, 5.74) is 2.91. The van der Waals surface area contributed by atoms with Gasteiger partial charge in [-0.1, -0.05) is 48.0 Å².